The fourth-order valence-electron chi connectivity index (χ4n) is 2.21. The maximum Gasteiger partial charge on any atom is 0.191 e. The standard InChI is InChI=1S/C13H21N3S/c1-16(10-12-8-5-9-17-12)13(14)15-11-6-3-2-4-7-11/h5,8-9,11H,2-4,6-7,10H2,1H3,(H2,14,15). The predicted octanol–water partition coefficient (Wildman–Crippen LogP) is 2.83. The second-order valence-corrected chi connectivity index (χ2v) is 5.75. The molecule has 0 unspecified atom stereocenters. The van der Waals surface area contributed by atoms with E-state index in [-0.39, 0.29) is 0 Å². The molecule has 1 aromatic heterocycles. The molecule has 1 saturated carbocycles. The van der Waals surface area contributed by atoms with Crippen molar-refractivity contribution in [2.45, 2.75) is 44.7 Å². The van der Waals surface area contributed by atoms with Crippen LogP contribution in [0.4, 0.5) is 0 Å². The largest absolute Gasteiger partial charge is 0.370 e. The average Bonchev–Trinajstić information content (AvgIpc) is 2.83. The van der Waals surface area contributed by atoms with Crippen molar-refractivity contribution in [2.75, 3.05) is 7.05 Å². The molecule has 0 spiro atoms. The van der Waals surface area contributed by atoms with Crippen LogP contribution in [0.15, 0.2) is 22.5 Å². The van der Waals surface area contributed by atoms with E-state index in [1.165, 1.54) is 37.0 Å². The van der Waals surface area contributed by atoms with Gasteiger partial charge in [-0.2, -0.15) is 0 Å². The first-order valence-electron chi connectivity index (χ1n) is 6.32. The fourth-order valence-corrected chi connectivity index (χ4v) is 2.97. The Labute approximate surface area is 107 Å². The molecule has 94 valence electrons. The summed E-state index contributed by atoms with van der Waals surface area (Å²) in [6, 6.07) is 4.66. The van der Waals surface area contributed by atoms with Crippen molar-refractivity contribution in [3.05, 3.63) is 22.4 Å². The van der Waals surface area contributed by atoms with Crippen LogP contribution in [-0.2, 0) is 6.54 Å². The van der Waals surface area contributed by atoms with Gasteiger partial charge in [0.25, 0.3) is 0 Å². The van der Waals surface area contributed by atoms with E-state index < -0.39 is 0 Å². The monoisotopic (exact) mass is 251 g/mol. The Morgan fingerprint density at radius 2 is 2.24 bits per heavy atom. The van der Waals surface area contributed by atoms with Crippen molar-refractivity contribution in [3.63, 3.8) is 0 Å². The lowest BCUT2D eigenvalue weighted by Crippen LogP contribution is -2.34. The fraction of sp³-hybridized carbons (Fsp3) is 0.615. The summed E-state index contributed by atoms with van der Waals surface area (Å²) in [5.74, 6) is 0.685. The van der Waals surface area contributed by atoms with E-state index in [9.17, 15) is 0 Å². The number of guanidine groups is 1. The zero-order valence-corrected chi connectivity index (χ0v) is 11.2. The van der Waals surface area contributed by atoms with Gasteiger partial charge < -0.3 is 10.6 Å². The Morgan fingerprint density at radius 1 is 1.47 bits per heavy atom. The van der Waals surface area contributed by atoms with E-state index in [1.807, 2.05) is 11.9 Å². The molecule has 4 heteroatoms. The molecule has 1 heterocycles. The number of rotatable bonds is 3. The van der Waals surface area contributed by atoms with Crippen molar-refractivity contribution in [3.8, 4) is 0 Å². The van der Waals surface area contributed by atoms with E-state index in [4.69, 9.17) is 5.73 Å². The smallest absolute Gasteiger partial charge is 0.191 e. The highest BCUT2D eigenvalue weighted by Gasteiger charge is 2.13. The molecular weight excluding hydrogens is 230 g/mol. The maximum atomic E-state index is 6.05. The van der Waals surface area contributed by atoms with Crippen molar-refractivity contribution in [1.29, 1.82) is 0 Å². The lowest BCUT2D eigenvalue weighted by Gasteiger charge is -2.22. The normalized spacial score (nSPS) is 18.3. The molecule has 2 rings (SSSR count). The number of hydrogen-bond acceptors (Lipinski definition) is 2. The van der Waals surface area contributed by atoms with Gasteiger partial charge in [-0.05, 0) is 24.3 Å². The van der Waals surface area contributed by atoms with E-state index >= 15 is 0 Å². The topological polar surface area (TPSA) is 41.6 Å². The quantitative estimate of drug-likeness (QED) is 0.663. The molecule has 0 aromatic carbocycles. The number of hydrogen-bond donors (Lipinski definition) is 1. The molecule has 1 aliphatic rings. The first kappa shape index (κ1) is 12.4. The van der Waals surface area contributed by atoms with Crippen LogP contribution in [-0.4, -0.2) is 23.9 Å². The van der Waals surface area contributed by atoms with Gasteiger partial charge in [-0.25, -0.2) is 4.99 Å². The Kier molecular flexibility index (Phi) is 4.42. The SMILES string of the molecule is CN(Cc1cccs1)C(N)=NC1CCCCC1. The first-order chi connectivity index (χ1) is 8.25. The van der Waals surface area contributed by atoms with E-state index in [2.05, 4.69) is 22.5 Å². The predicted molar refractivity (Wildman–Crippen MR) is 74.3 cm³/mol. The minimum Gasteiger partial charge on any atom is -0.370 e. The first-order valence-corrected chi connectivity index (χ1v) is 7.20. The molecule has 1 aromatic rings. The zero-order valence-electron chi connectivity index (χ0n) is 10.4. The molecule has 1 aliphatic carbocycles. The third-order valence-electron chi connectivity index (χ3n) is 3.25. The molecule has 1 fully saturated rings. The van der Waals surface area contributed by atoms with Crippen molar-refractivity contribution < 1.29 is 0 Å². The summed E-state index contributed by atoms with van der Waals surface area (Å²) in [6.45, 7) is 0.861. The van der Waals surface area contributed by atoms with Gasteiger partial charge in [0.1, 0.15) is 0 Å². The van der Waals surface area contributed by atoms with E-state index in [0.29, 0.717) is 12.0 Å². The molecular formula is C13H21N3S. The summed E-state index contributed by atoms with van der Waals surface area (Å²) in [5.41, 5.74) is 6.05. The second kappa shape index (κ2) is 6.05. The molecule has 0 atom stereocenters. The summed E-state index contributed by atoms with van der Waals surface area (Å²) >= 11 is 1.76. The van der Waals surface area contributed by atoms with Crippen LogP contribution in [0.3, 0.4) is 0 Å². The number of aliphatic imine (C=N–C) groups is 1. The lowest BCUT2D eigenvalue weighted by atomic mass is 9.96. The average molecular weight is 251 g/mol. The van der Waals surface area contributed by atoms with Gasteiger partial charge in [-0.1, -0.05) is 25.3 Å². The van der Waals surface area contributed by atoms with Crippen LogP contribution < -0.4 is 5.73 Å². The van der Waals surface area contributed by atoms with Crippen LogP contribution >= 0.6 is 11.3 Å². The molecule has 0 aliphatic heterocycles. The molecule has 0 saturated heterocycles. The Balaban J connectivity index is 1.89. The third kappa shape index (κ3) is 3.73. The molecule has 3 nitrogen and oxygen atoms in total. The van der Waals surface area contributed by atoms with Gasteiger partial charge in [-0.3, -0.25) is 0 Å². The van der Waals surface area contributed by atoms with Crippen LogP contribution in [0.1, 0.15) is 37.0 Å². The van der Waals surface area contributed by atoms with Gasteiger partial charge in [0, 0.05) is 11.9 Å². The Hall–Kier alpha value is -1.03. The second-order valence-electron chi connectivity index (χ2n) is 4.71. The maximum absolute atomic E-state index is 6.05. The molecule has 0 bridgehead atoms. The van der Waals surface area contributed by atoms with Crippen molar-refractivity contribution >= 4 is 17.3 Å². The van der Waals surface area contributed by atoms with E-state index in [0.717, 1.165) is 6.54 Å². The molecule has 2 N–H and O–H groups in total. The summed E-state index contributed by atoms with van der Waals surface area (Å²) in [5, 5.41) is 2.09. The molecule has 0 amide bonds. The van der Waals surface area contributed by atoms with E-state index in [1.54, 1.807) is 11.3 Å². The summed E-state index contributed by atoms with van der Waals surface area (Å²) in [6.07, 6.45) is 6.37. The highest BCUT2D eigenvalue weighted by molar-refractivity contribution is 7.09. The third-order valence-corrected chi connectivity index (χ3v) is 4.11. The highest BCUT2D eigenvalue weighted by atomic mass is 32.1. The summed E-state index contributed by atoms with van der Waals surface area (Å²) < 4.78 is 0. The van der Waals surface area contributed by atoms with Gasteiger partial charge in [-0.15, -0.1) is 11.3 Å². The number of nitrogens with two attached hydrogens (primary N) is 1. The molecule has 0 radical (unpaired) electrons. The number of thiophene rings is 1. The van der Waals surface area contributed by atoms with Crippen LogP contribution in [0.25, 0.3) is 0 Å². The summed E-state index contributed by atoms with van der Waals surface area (Å²) in [7, 11) is 2.02. The van der Waals surface area contributed by atoms with Gasteiger partial charge >= 0.3 is 0 Å². The van der Waals surface area contributed by atoms with Crippen LogP contribution in [0.5, 0.6) is 0 Å². The zero-order chi connectivity index (χ0) is 12.1. The number of nitrogens with zero attached hydrogens (tertiary/aromatic N) is 2. The highest BCUT2D eigenvalue weighted by Crippen LogP contribution is 2.20. The van der Waals surface area contributed by atoms with Crippen LogP contribution in [0, 0.1) is 0 Å². The Bertz CT molecular complexity index is 353. The minimum atomic E-state index is 0.453. The van der Waals surface area contributed by atoms with Gasteiger partial charge in [0.2, 0.25) is 0 Å². The van der Waals surface area contributed by atoms with Crippen molar-refractivity contribution in [1.82, 2.24) is 4.90 Å². The summed E-state index contributed by atoms with van der Waals surface area (Å²) in [4.78, 5) is 8.01. The molecule has 17 heavy (non-hydrogen) atoms. The van der Waals surface area contributed by atoms with Gasteiger partial charge in [0.05, 0.1) is 12.6 Å². The van der Waals surface area contributed by atoms with Gasteiger partial charge in [0.15, 0.2) is 5.96 Å². The minimum absolute atomic E-state index is 0.453. The van der Waals surface area contributed by atoms with Crippen LogP contribution in [0.2, 0.25) is 0 Å². The van der Waals surface area contributed by atoms with Crippen molar-refractivity contribution in [2.24, 2.45) is 10.7 Å². The Morgan fingerprint density at radius 3 is 2.88 bits per heavy atom. The lowest BCUT2D eigenvalue weighted by molar-refractivity contribution is 0.429.